The van der Waals surface area contributed by atoms with E-state index in [-0.39, 0.29) is 23.8 Å². The van der Waals surface area contributed by atoms with Gasteiger partial charge in [-0.2, -0.15) is 18.3 Å². The lowest BCUT2D eigenvalue weighted by Gasteiger charge is -2.33. The third kappa shape index (κ3) is 3.12. The lowest BCUT2D eigenvalue weighted by Crippen LogP contribution is -2.37. The number of carbonyl (C=O) groups is 1. The molecule has 2 aromatic heterocycles. The second kappa shape index (κ2) is 6.12. The minimum absolute atomic E-state index is 0.111. The number of anilines is 1. The van der Waals surface area contributed by atoms with Gasteiger partial charge in [0.15, 0.2) is 6.04 Å². The van der Waals surface area contributed by atoms with Gasteiger partial charge in [-0.15, -0.1) is 11.3 Å². The largest absolute Gasteiger partial charge is 0.410 e. The Labute approximate surface area is 140 Å². The number of nitrogens with one attached hydrogen (secondary N) is 2. The number of alkyl halides is 3. The number of thiophene rings is 1. The minimum Gasteiger partial charge on any atom is -0.362 e. The fraction of sp³-hybridized carbons (Fsp3) is 0.467. The van der Waals surface area contributed by atoms with Crippen LogP contribution in [0.15, 0.2) is 23.7 Å². The van der Waals surface area contributed by atoms with Crippen LogP contribution in [-0.4, -0.2) is 27.9 Å². The SMILES string of the molecule is CC(C)NC(=O)c1cnn2c1N[C@@H](c1cccs1)C[C@@H]2C(F)(F)F. The molecule has 130 valence electrons. The van der Waals surface area contributed by atoms with E-state index < -0.39 is 24.2 Å². The highest BCUT2D eigenvalue weighted by Crippen LogP contribution is 2.44. The molecule has 1 aliphatic rings. The molecule has 2 atom stereocenters. The lowest BCUT2D eigenvalue weighted by atomic mass is 10.0. The predicted octanol–water partition coefficient (Wildman–Crippen LogP) is 3.74. The highest BCUT2D eigenvalue weighted by atomic mass is 32.1. The van der Waals surface area contributed by atoms with Crippen LogP contribution in [0.1, 0.15) is 47.6 Å². The fourth-order valence-corrected chi connectivity index (χ4v) is 3.54. The van der Waals surface area contributed by atoms with Crippen molar-refractivity contribution in [3.05, 3.63) is 34.2 Å². The summed E-state index contributed by atoms with van der Waals surface area (Å²) in [6.45, 7) is 3.57. The summed E-state index contributed by atoms with van der Waals surface area (Å²) in [5.41, 5.74) is 0.124. The second-order valence-corrected chi connectivity index (χ2v) is 6.96. The number of rotatable bonds is 3. The van der Waals surface area contributed by atoms with Crippen LogP contribution < -0.4 is 10.6 Å². The zero-order valence-electron chi connectivity index (χ0n) is 13.1. The Morgan fingerprint density at radius 1 is 1.50 bits per heavy atom. The van der Waals surface area contributed by atoms with E-state index >= 15 is 0 Å². The summed E-state index contributed by atoms with van der Waals surface area (Å²) in [5, 5.41) is 11.4. The van der Waals surface area contributed by atoms with Gasteiger partial charge in [-0.1, -0.05) is 6.07 Å². The van der Waals surface area contributed by atoms with Gasteiger partial charge < -0.3 is 10.6 Å². The summed E-state index contributed by atoms with van der Waals surface area (Å²) in [4.78, 5) is 13.1. The normalized spacial score (nSPS) is 20.6. The number of amides is 1. The average molecular weight is 358 g/mol. The molecule has 0 fully saturated rings. The zero-order chi connectivity index (χ0) is 17.5. The van der Waals surface area contributed by atoms with Crippen molar-refractivity contribution in [2.24, 2.45) is 0 Å². The fourth-order valence-electron chi connectivity index (χ4n) is 2.74. The first-order valence-electron chi connectivity index (χ1n) is 7.52. The second-order valence-electron chi connectivity index (χ2n) is 5.99. The van der Waals surface area contributed by atoms with Crippen LogP contribution in [0.2, 0.25) is 0 Å². The van der Waals surface area contributed by atoms with E-state index in [9.17, 15) is 18.0 Å². The Morgan fingerprint density at radius 3 is 2.83 bits per heavy atom. The summed E-state index contributed by atoms with van der Waals surface area (Å²) in [6, 6.07) is 1.19. The van der Waals surface area contributed by atoms with Gasteiger partial charge in [0.25, 0.3) is 5.91 Å². The van der Waals surface area contributed by atoms with Gasteiger partial charge in [0.05, 0.1) is 12.2 Å². The van der Waals surface area contributed by atoms with Gasteiger partial charge in [0.2, 0.25) is 0 Å². The maximum Gasteiger partial charge on any atom is 0.410 e. The molecular formula is C15H17F3N4OS. The minimum atomic E-state index is -4.44. The molecule has 2 aromatic rings. The molecule has 0 saturated carbocycles. The van der Waals surface area contributed by atoms with Crippen molar-refractivity contribution in [2.45, 2.75) is 44.6 Å². The molecule has 0 saturated heterocycles. The van der Waals surface area contributed by atoms with Gasteiger partial charge in [-0.05, 0) is 25.3 Å². The number of fused-ring (bicyclic) bond motifs is 1. The molecule has 1 aliphatic heterocycles. The Morgan fingerprint density at radius 2 is 2.25 bits per heavy atom. The van der Waals surface area contributed by atoms with Crippen LogP contribution >= 0.6 is 11.3 Å². The first kappa shape index (κ1) is 16.8. The van der Waals surface area contributed by atoms with E-state index in [1.54, 1.807) is 26.0 Å². The van der Waals surface area contributed by atoms with Crippen LogP contribution in [-0.2, 0) is 0 Å². The molecular weight excluding hydrogens is 341 g/mol. The van der Waals surface area contributed by atoms with Crippen LogP contribution in [0.3, 0.4) is 0 Å². The van der Waals surface area contributed by atoms with E-state index in [4.69, 9.17) is 0 Å². The van der Waals surface area contributed by atoms with Crippen molar-refractivity contribution >= 4 is 23.1 Å². The van der Waals surface area contributed by atoms with Gasteiger partial charge in [0, 0.05) is 17.3 Å². The van der Waals surface area contributed by atoms with Crippen LogP contribution in [0.25, 0.3) is 0 Å². The van der Waals surface area contributed by atoms with Gasteiger partial charge >= 0.3 is 6.18 Å². The Bertz CT molecular complexity index is 724. The topological polar surface area (TPSA) is 59.0 Å². The number of hydrogen-bond acceptors (Lipinski definition) is 4. The summed E-state index contributed by atoms with van der Waals surface area (Å²) >= 11 is 1.38. The molecule has 0 aliphatic carbocycles. The summed E-state index contributed by atoms with van der Waals surface area (Å²) < 4.78 is 41.3. The number of hydrogen-bond donors (Lipinski definition) is 2. The first-order valence-corrected chi connectivity index (χ1v) is 8.40. The van der Waals surface area contributed by atoms with Crippen LogP contribution in [0.5, 0.6) is 0 Å². The molecule has 9 heteroatoms. The third-order valence-corrected chi connectivity index (χ3v) is 4.78. The number of nitrogens with zero attached hydrogens (tertiary/aromatic N) is 2. The predicted molar refractivity (Wildman–Crippen MR) is 85.2 cm³/mol. The van der Waals surface area contributed by atoms with Gasteiger partial charge in [-0.3, -0.25) is 4.79 Å². The molecule has 24 heavy (non-hydrogen) atoms. The van der Waals surface area contributed by atoms with E-state index in [1.165, 1.54) is 17.5 Å². The standard InChI is InChI=1S/C15H17F3N4OS/c1-8(2)20-14(23)9-7-19-22-12(15(16,17)18)6-10(21-13(9)22)11-4-3-5-24-11/h3-5,7-8,10,12,21H,6H2,1-2H3,(H,20,23)/t10-,12-/m1/s1. The zero-order valence-corrected chi connectivity index (χ0v) is 13.9. The summed E-state index contributed by atoms with van der Waals surface area (Å²) in [5.74, 6) is -0.327. The number of halogens is 3. The third-order valence-electron chi connectivity index (χ3n) is 3.79. The monoisotopic (exact) mass is 358 g/mol. The van der Waals surface area contributed by atoms with Gasteiger partial charge in [-0.25, -0.2) is 4.68 Å². The van der Waals surface area contributed by atoms with E-state index in [1.807, 2.05) is 5.38 Å². The van der Waals surface area contributed by atoms with E-state index in [0.717, 1.165) is 9.56 Å². The highest BCUT2D eigenvalue weighted by molar-refractivity contribution is 7.10. The first-order chi connectivity index (χ1) is 11.3. The van der Waals surface area contributed by atoms with Crippen molar-refractivity contribution in [1.82, 2.24) is 15.1 Å². The summed E-state index contributed by atoms with van der Waals surface area (Å²) in [6.07, 6.45) is -3.41. The Kier molecular flexibility index (Phi) is 4.29. The van der Waals surface area contributed by atoms with Crippen molar-refractivity contribution < 1.29 is 18.0 Å². The smallest absolute Gasteiger partial charge is 0.362 e. The Balaban J connectivity index is 2.00. The molecule has 3 rings (SSSR count). The van der Waals surface area contributed by atoms with Crippen molar-refractivity contribution in [3.8, 4) is 0 Å². The van der Waals surface area contributed by atoms with Crippen LogP contribution in [0.4, 0.5) is 19.0 Å². The van der Waals surface area contributed by atoms with Crippen LogP contribution in [0, 0.1) is 0 Å². The highest BCUT2D eigenvalue weighted by Gasteiger charge is 2.47. The lowest BCUT2D eigenvalue weighted by molar-refractivity contribution is -0.173. The molecule has 5 nitrogen and oxygen atoms in total. The van der Waals surface area contributed by atoms with Crippen molar-refractivity contribution in [2.75, 3.05) is 5.32 Å². The molecule has 0 unspecified atom stereocenters. The molecule has 0 spiro atoms. The summed E-state index contributed by atoms with van der Waals surface area (Å²) in [7, 11) is 0. The van der Waals surface area contributed by atoms with Gasteiger partial charge in [0.1, 0.15) is 11.4 Å². The molecule has 1 amide bonds. The number of aromatic nitrogens is 2. The van der Waals surface area contributed by atoms with E-state index in [2.05, 4.69) is 15.7 Å². The maximum atomic E-state index is 13.5. The maximum absolute atomic E-state index is 13.5. The van der Waals surface area contributed by atoms with Crippen molar-refractivity contribution in [3.63, 3.8) is 0 Å². The molecule has 0 aromatic carbocycles. The van der Waals surface area contributed by atoms with Crippen molar-refractivity contribution in [1.29, 1.82) is 0 Å². The molecule has 2 N–H and O–H groups in total. The molecule has 3 heterocycles. The average Bonchev–Trinajstić information content (AvgIpc) is 3.13. The number of carbonyl (C=O) groups excluding carboxylic acids is 1. The quantitative estimate of drug-likeness (QED) is 0.879. The van der Waals surface area contributed by atoms with E-state index in [0.29, 0.717) is 0 Å². The molecule has 0 radical (unpaired) electrons. The Hall–Kier alpha value is -2.03. The molecule has 0 bridgehead atoms.